The molecular formula is C19H19BrIN3O4. The van der Waals surface area contributed by atoms with Gasteiger partial charge in [0.1, 0.15) is 5.92 Å². The molecule has 9 heteroatoms. The number of hydrazone groups is 1. The van der Waals surface area contributed by atoms with Crippen molar-refractivity contribution in [1.82, 2.24) is 5.43 Å². The van der Waals surface area contributed by atoms with Gasteiger partial charge in [-0.25, -0.2) is 5.43 Å². The molecule has 1 atom stereocenters. The topological polar surface area (TPSA) is 89.0 Å². The lowest BCUT2D eigenvalue weighted by Crippen LogP contribution is -2.34. The maximum atomic E-state index is 12.3. The molecule has 1 unspecified atom stereocenters. The van der Waals surface area contributed by atoms with E-state index < -0.39 is 17.7 Å². The van der Waals surface area contributed by atoms with Crippen molar-refractivity contribution < 1.29 is 19.1 Å². The molecule has 2 aromatic rings. The molecule has 0 aliphatic carbocycles. The van der Waals surface area contributed by atoms with Crippen molar-refractivity contribution in [3.63, 3.8) is 0 Å². The lowest BCUT2D eigenvalue weighted by atomic mass is 10.1. The Labute approximate surface area is 185 Å². The maximum absolute atomic E-state index is 12.3. The fraction of sp³-hybridized carbons (Fsp3) is 0.211. The lowest BCUT2D eigenvalue weighted by Gasteiger charge is -2.12. The summed E-state index contributed by atoms with van der Waals surface area (Å²) < 4.78 is 12.1. The van der Waals surface area contributed by atoms with Crippen molar-refractivity contribution >= 4 is 62.2 Å². The average Bonchev–Trinajstić information content (AvgIpc) is 2.68. The number of ether oxygens (including phenoxy) is 2. The number of methoxy groups -OCH3 is 2. The Balaban J connectivity index is 2.00. The Morgan fingerprint density at radius 3 is 2.54 bits per heavy atom. The van der Waals surface area contributed by atoms with Gasteiger partial charge in [-0.3, -0.25) is 9.59 Å². The predicted octanol–water partition coefficient (Wildman–Crippen LogP) is 3.80. The Morgan fingerprint density at radius 1 is 1.18 bits per heavy atom. The van der Waals surface area contributed by atoms with E-state index in [2.05, 4.69) is 54.4 Å². The van der Waals surface area contributed by atoms with Crippen LogP contribution in [0.2, 0.25) is 0 Å². The molecular weight excluding hydrogens is 541 g/mol. The summed E-state index contributed by atoms with van der Waals surface area (Å²) in [4.78, 5) is 24.5. The number of carbonyl (C=O) groups excluding carboxylic acids is 2. The van der Waals surface area contributed by atoms with Crippen molar-refractivity contribution in [3.8, 4) is 11.5 Å². The maximum Gasteiger partial charge on any atom is 0.252 e. The predicted molar refractivity (Wildman–Crippen MR) is 120 cm³/mol. The van der Waals surface area contributed by atoms with E-state index in [4.69, 9.17) is 9.47 Å². The number of rotatable bonds is 7. The first-order valence-corrected chi connectivity index (χ1v) is 10.0. The first-order chi connectivity index (χ1) is 13.4. The van der Waals surface area contributed by atoms with Gasteiger partial charge in [0.2, 0.25) is 5.91 Å². The van der Waals surface area contributed by atoms with Crippen LogP contribution in [0.15, 0.2) is 46.0 Å². The number of hydrogen-bond donors (Lipinski definition) is 2. The molecule has 148 valence electrons. The minimum absolute atomic E-state index is 0.430. The minimum atomic E-state index is -0.921. The zero-order valence-electron chi connectivity index (χ0n) is 15.5. The fourth-order valence-electron chi connectivity index (χ4n) is 2.20. The molecule has 2 rings (SSSR count). The Hall–Kier alpha value is -2.14. The molecule has 0 aromatic heterocycles. The molecule has 0 aliphatic heterocycles. The molecule has 0 heterocycles. The number of amides is 2. The molecule has 0 fully saturated rings. The van der Waals surface area contributed by atoms with E-state index in [9.17, 15) is 9.59 Å². The molecule has 0 saturated carbocycles. The summed E-state index contributed by atoms with van der Waals surface area (Å²) in [5, 5.41) is 6.63. The van der Waals surface area contributed by atoms with E-state index >= 15 is 0 Å². The number of carbonyl (C=O) groups is 2. The number of para-hydroxylation sites is 1. The van der Waals surface area contributed by atoms with Crippen LogP contribution in [0.1, 0.15) is 12.5 Å². The summed E-state index contributed by atoms with van der Waals surface area (Å²) in [7, 11) is 3.11. The van der Waals surface area contributed by atoms with Crippen molar-refractivity contribution in [1.29, 1.82) is 0 Å². The second kappa shape index (κ2) is 10.4. The summed E-state index contributed by atoms with van der Waals surface area (Å²) in [6.07, 6.45) is 1.47. The van der Waals surface area contributed by atoms with Crippen LogP contribution in [0.4, 0.5) is 5.69 Å². The zero-order valence-corrected chi connectivity index (χ0v) is 19.2. The van der Waals surface area contributed by atoms with Crippen LogP contribution < -0.4 is 20.2 Å². The Morgan fingerprint density at radius 2 is 1.89 bits per heavy atom. The average molecular weight is 560 g/mol. The van der Waals surface area contributed by atoms with Crippen molar-refractivity contribution in [2.24, 2.45) is 11.0 Å². The largest absolute Gasteiger partial charge is 0.493 e. The van der Waals surface area contributed by atoms with Gasteiger partial charge in [0.05, 0.1) is 29.7 Å². The molecule has 0 aliphatic rings. The minimum Gasteiger partial charge on any atom is -0.493 e. The quantitative estimate of drug-likeness (QED) is 0.234. The van der Waals surface area contributed by atoms with E-state index in [-0.39, 0.29) is 0 Å². The van der Waals surface area contributed by atoms with Gasteiger partial charge in [0.15, 0.2) is 11.5 Å². The van der Waals surface area contributed by atoms with E-state index in [1.807, 2.05) is 12.1 Å². The zero-order chi connectivity index (χ0) is 20.7. The highest BCUT2D eigenvalue weighted by Gasteiger charge is 2.21. The number of nitrogens with one attached hydrogen (secondary N) is 2. The van der Waals surface area contributed by atoms with Crippen LogP contribution >= 0.6 is 38.5 Å². The van der Waals surface area contributed by atoms with E-state index in [0.717, 1.165) is 8.04 Å². The SMILES string of the molecule is COc1cc(C=NNC(=O)C(C)C(=O)Nc2ccccc2Br)cc(I)c1OC. The van der Waals surface area contributed by atoms with Crippen molar-refractivity contribution in [2.45, 2.75) is 6.92 Å². The first-order valence-electron chi connectivity index (χ1n) is 8.17. The van der Waals surface area contributed by atoms with Gasteiger partial charge in [-0.15, -0.1) is 0 Å². The van der Waals surface area contributed by atoms with Gasteiger partial charge in [0.25, 0.3) is 5.91 Å². The summed E-state index contributed by atoms with van der Waals surface area (Å²) in [6.45, 7) is 1.51. The Bertz CT molecular complexity index is 905. The highest BCUT2D eigenvalue weighted by atomic mass is 127. The standard InChI is InChI=1S/C19H19BrIN3O4/c1-11(18(25)23-15-7-5-4-6-13(15)20)19(26)24-22-10-12-8-14(21)17(28-3)16(9-12)27-2/h4-11H,1-3H3,(H,23,25)(H,24,26). The van der Waals surface area contributed by atoms with Crippen molar-refractivity contribution in [3.05, 3.63) is 50.0 Å². The number of anilines is 1. The van der Waals surface area contributed by atoms with Gasteiger partial charge < -0.3 is 14.8 Å². The van der Waals surface area contributed by atoms with Crippen molar-refractivity contribution in [2.75, 3.05) is 19.5 Å². The van der Waals surface area contributed by atoms with Gasteiger partial charge >= 0.3 is 0 Å². The highest BCUT2D eigenvalue weighted by molar-refractivity contribution is 14.1. The highest BCUT2D eigenvalue weighted by Crippen LogP contribution is 2.33. The molecule has 0 radical (unpaired) electrons. The summed E-state index contributed by atoms with van der Waals surface area (Å²) in [5.41, 5.74) is 3.69. The second-order valence-corrected chi connectivity index (χ2v) is 7.68. The molecule has 0 saturated heterocycles. The summed E-state index contributed by atoms with van der Waals surface area (Å²) >= 11 is 5.47. The fourth-order valence-corrected chi connectivity index (χ4v) is 3.43. The van der Waals surface area contributed by atoms with Crippen LogP contribution in [0.25, 0.3) is 0 Å². The van der Waals surface area contributed by atoms with Crippen LogP contribution in [0.3, 0.4) is 0 Å². The molecule has 0 bridgehead atoms. The van der Waals surface area contributed by atoms with Gasteiger partial charge in [-0.05, 0) is 75.3 Å². The third-order valence-corrected chi connectivity index (χ3v) is 5.26. The van der Waals surface area contributed by atoms with Gasteiger partial charge in [-0.2, -0.15) is 5.10 Å². The first kappa shape index (κ1) is 22.2. The second-order valence-electron chi connectivity index (χ2n) is 5.66. The molecule has 0 spiro atoms. The number of hydrogen-bond acceptors (Lipinski definition) is 5. The lowest BCUT2D eigenvalue weighted by molar-refractivity contribution is -0.131. The van der Waals surface area contributed by atoms with Gasteiger partial charge in [0, 0.05) is 4.47 Å². The molecule has 28 heavy (non-hydrogen) atoms. The van der Waals surface area contributed by atoms with Crippen LogP contribution in [-0.2, 0) is 9.59 Å². The number of benzene rings is 2. The number of halogens is 2. The van der Waals surface area contributed by atoms with E-state index in [1.54, 1.807) is 38.5 Å². The molecule has 2 aromatic carbocycles. The normalized spacial score (nSPS) is 11.8. The summed E-state index contributed by atoms with van der Waals surface area (Å²) in [6, 6.07) is 10.7. The summed E-state index contributed by atoms with van der Waals surface area (Å²) in [5.74, 6) is -0.684. The third-order valence-electron chi connectivity index (χ3n) is 3.76. The van der Waals surface area contributed by atoms with Crippen LogP contribution in [-0.4, -0.2) is 32.2 Å². The van der Waals surface area contributed by atoms with E-state index in [0.29, 0.717) is 22.7 Å². The molecule has 2 N–H and O–H groups in total. The van der Waals surface area contributed by atoms with Crippen LogP contribution in [0, 0.1) is 9.49 Å². The third kappa shape index (κ3) is 5.68. The molecule has 7 nitrogen and oxygen atoms in total. The van der Waals surface area contributed by atoms with Crippen LogP contribution in [0.5, 0.6) is 11.5 Å². The number of nitrogens with zero attached hydrogens (tertiary/aromatic N) is 1. The monoisotopic (exact) mass is 559 g/mol. The van der Waals surface area contributed by atoms with Gasteiger partial charge in [-0.1, -0.05) is 12.1 Å². The molecule has 2 amide bonds. The van der Waals surface area contributed by atoms with E-state index in [1.165, 1.54) is 13.1 Å². The smallest absolute Gasteiger partial charge is 0.252 e. The Kier molecular flexibility index (Phi) is 8.24.